The molecule has 0 aliphatic rings. The first-order valence-electron chi connectivity index (χ1n) is 5.99. The Morgan fingerprint density at radius 2 is 2.28 bits per heavy atom. The molecule has 1 N–H and O–H groups in total. The van der Waals surface area contributed by atoms with Gasteiger partial charge in [0.05, 0.1) is 12.8 Å². The highest BCUT2D eigenvalue weighted by atomic mass is 32.1. The molecule has 0 spiro atoms. The number of hydrogen-bond acceptors (Lipinski definition) is 5. The first kappa shape index (κ1) is 13.3. The molecule has 2 aromatic heterocycles. The Morgan fingerprint density at radius 3 is 3.00 bits per heavy atom. The molecule has 0 bridgehead atoms. The third-order valence-corrected chi connectivity index (χ3v) is 3.53. The maximum absolute atomic E-state index is 5.74. The van der Waals surface area contributed by atoms with E-state index >= 15 is 0 Å². The van der Waals surface area contributed by atoms with Crippen molar-refractivity contribution in [2.24, 2.45) is 0 Å². The van der Waals surface area contributed by atoms with Gasteiger partial charge in [0.1, 0.15) is 0 Å². The van der Waals surface area contributed by atoms with E-state index in [4.69, 9.17) is 9.15 Å². The minimum atomic E-state index is 0.727. The lowest BCUT2D eigenvalue weighted by Crippen LogP contribution is -2.21. The van der Waals surface area contributed by atoms with Crippen LogP contribution in [0.2, 0.25) is 0 Å². The summed E-state index contributed by atoms with van der Waals surface area (Å²) in [5.41, 5.74) is 2.38. The predicted octanol–water partition coefficient (Wildman–Crippen LogP) is 2.49. The van der Waals surface area contributed by atoms with Gasteiger partial charge in [0.15, 0.2) is 11.7 Å². The number of hydrogen-bond donors (Lipinski definition) is 1. The molecule has 0 aliphatic heterocycles. The van der Waals surface area contributed by atoms with Crippen LogP contribution < -0.4 is 5.32 Å². The molecule has 0 aliphatic carbocycles. The average Bonchev–Trinajstić information content (AvgIpc) is 2.97. The quantitative estimate of drug-likeness (QED) is 0.782. The van der Waals surface area contributed by atoms with Crippen LogP contribution in [0.5, 0.6) is 0 Å². The van der Waals surface area contributed by atoms with Gasteiger partial charge >= 0.3 is 0 Å². The molecule has 0 fully saturated rings. The Morgan fingerprint density at radius 1 is 1.39 bits per heavy atom. The van der Waals surface area contributed by atoms with E-state index in [-0.39, 0.29) is 0 Å². The minimum Gasteiger partial charge on any atom is -0.441 e. The molecule has 5 heteroatoms. The van der Waals surface area contributed by atoms with Crippen LogP contribution in [0.15, 0.2) is 21.4 Å². The Hall–Kier alpha value is -1.17. The summed E-state index contributed by atoms with van der Waals surface area (Å²) in [5, 5.41) is 7.48. The summed E-state index contributed by atoms with van der Waals surface area (Å²) < 4.78 is 10.7. The molecule has 0 unspecified atom stereocenters. The van der Waals surface area contributed by atoms with E-state index in [0.29, 0.717) is 0 Å². The zero-order valence-electron chi connectivity index (χ0n) is 10.7. The molecule has 4 nitrogen and oxygen atoms in total. The topological polar surface area (TPSA) is 47.3 Å². The van der Waals surface area contributed by atoms with E-state index in [9.17, 15) is 0 Å². The molecule has 2 heterocycles. The maximum Gasteiger partial charge on any atom is 0.196 e. The fourth-order valence-corrected chi connectivity index (χ4v) is 2.50. The molecule has 0 atom stereocenters. The van der Waals surface area contributed by atoms with Gasteiger partial charge in [-0.25, -0.2) is 4.98 Å². The second kappa shape index (κ2) is 6.68. The highest BCUT2D eigenvalue weighted by Crippen LogP contribution is 2.27. The van der Waals surface area contributed by atoms with Gasteiger partial charge in [-0.2, -0.15) is 11.3 Å². The standard InChI is InChI=1S/C13H18N2O2S/c1-10-8-18-9-11(10)12-7-15-13(17-12)3-4-14-5-6-16-2/h7-9,14H,3-6H2,1-2H3. The van der Waals surface area contributed by atoms with Crippen LogP contribution in [0.25, 0.3) is 11.3 Å². The van der Waals surface area contributed by atoms with Gasteiger partial charge in [-0.3, -0.25) is 0 Å². The number of rotatable bonds is 7. The fraction of sp³-hybridized carbons (Fsp3) is 0.462. The van der Waals surface area contributed by atoms with E-state index in [1.807, 2.05) is 0 Å². The normalized spacial score (nSPS) is 11.0. The van der Waals surface area contributed by atoms with Gasteiger partial charge in [-0.1, -0.05) is 0 Å². The van der Waals surface area contributed by atoms with Crippen molar-refractivity contribution in [3.8, 4) is 11.3 Å². The smallest absolute Gasteiger partial charge is 0.196 e. The SMILES string of the molecule is COCCNCCc1ncc(-c2cscc2C)o1. The third-order valence-electron chi connectivity index (χ3n) is 2.67. The third kappa shape index (κ3) is 3.41. The van der Waals surface area contributed by atoms with Crippen LogP contribution >= 0.6 is 11.3 Å². The Kier molecular flexibility index (Phi) is 4.92. The highest BCUT2D eigenvalue weighted by Gasteiger charge is 2.09. The number of methoxy groups -OCH3 is 1. The van der Waals surface area contributed by atoms with Crippen molar-refractivity contribution in [2.75, 3.05) is 26.8 Å². The van der Waals surface area contributed by atoms with Gasteiger partial charge < -0.3 is 14.5 Å². The minimum absolute atomic E-state index is 0.727. The number of thiophene rings is 1. The van der Waals surface area contributed by atoms with Crippen molar-refractivity contribution in [3.05, 3.63) is 28.4 Å². The van der Waals surface area contributed by atoms with Gasteiger partial charge in [0.2, 0.25) is 0 Å². The van der Waals surface area contributed by atoms with Crippen LogP contribution in [0, 0.1) is 6.92 Å². The second-order valence-electron chi connectivity index (χ2n) is 4.08. The van der Waals surface area contributed by atoms with E-state index in [1.54, 1.807) is 24.6 Å². The summed E-state index contributed by atoms with van der Waals surface area (Å²) in [6.07, 6.45) is 2.60. The first-order valence-corrected chi connectivity index (χ1v) is 6.93. The monoisotopic (exact) mass is 266 g/mol. The van der Waals surface area contributed by atoms with E-state index in [2.05, 4.69) is 28.0 Å². The highest BCUT2D eigenvalue weighted by molar-refractivity contribution is 7.08. The largest absolute Gasteiger partial charge is 0.441 e. The summed E-state index contributed by atoms with van der Waals surface area (Å²) in [5.74, 6) is 1.64. The molecular weight excluding hydrogens is 248 g/mol. The summed E-state index contributed by atoms with van der Waals surface area (Å²) in [6.45, 7) is 4.52. The molecule has 0 saturated heterocycles. The lowest BCUT2D eigenvalue weighted by molar-refractivity contribution is 0.199. The van der Waals surface area contributed by atoms with Crippen molar-refractivity contribution in [1.82, 2.24) is 10.3 Å². The van der Waals surface area contributed by atoms with Crippen molar-refractivity contribution >= 4 is 11.3 Å². The Balaban J connectivity index is 1.85. The number of ether oxygens (including phenoxy) is 1. The van der Waals surface area contributed by atoms with Crippen molar-refractivity contribution < 1.29 is 9.15 Å². The fourth-order valence-electron chi connectivity index (χ4n) is 1.66. The van der Waals surface area contributed by atoms with Crippen LogP contribution in [-0.4, -0.2) is 31.8 Å². The van der Waals surface area contributed by atoms with E-state index in [1.165, 1.54) is 5.56 Å². The number of aryl methyl sites for hydroxylation is 1. The first-order chi connectivity index (χ1) is 8.81. The van der Waals surface area contributed by atoms with Gasteiger partial charge in [-0.15, -0.1) is 0 Å². The van der Waals surface area contributed by atoms with Crippen molar-refractivity contribution in [1.29, 1.82) is 0 Å². The van der Waals surface area contributed by atoms with Crippen molar-refractivity contribution in [2.45, 2.75) is 13.3 Å². The Bertz CT molecular complexity index is 479. The summed E-state index contributed by atoms with van der Waals surface area (Å²) in [7, 11) is 1.70. The van der Waals surface area contributed by atoms with Gasteiger partial charge in [0.25, 0.3) is 0 Å². The van der Waals surface area contributed by atoms with E-state index < -0.39 is 0 Å². The molecule has 2 aromatic rings. The molecule has 0 radical (unpaired) electrons. The van der Waals surface area contributed by atoms with Crippen LogP contribution in [0.1, 0.15) is 11.5 Å². The second-order valence-corrected chi connectivity index (χ2v) is 4.82. The van der Waals surface area contributed by atoms with Gasteiger partial charge in [0, 0.05) is 37.6 Å². The molecule has 2 rings (SSSR count). The number of nitrogens with zero attached hydrogens (tertiary/aromatic N) is 1. The summed E-state index contributed by atoms with van der Waals surface area (Å²) in [6, 6.07) is 0. The Labute approximate surface area is 111 Å². The molecule has 98 valence electrons. The number of aromatic nitrogens is 1. The molecule has 0 saturated carbocycles. The summed E-state index contributed by atoms with van der Waals surface area (Å²) >= 11 is 1.68. The molecule has 18 heavy (non-hydrogen) atoms. The number of oxazole rings is 1. The predicted molar refractivity (Wildman–Crippen MR) is 73.0 cm³/mol. The van der Waals surface area contributed by atoms with Crippen LogP contribution in [0.3, 0.4) is 0 Å². The zero-order valence-corrected chi connectivity index (χ0v) is 11.5. The molecular formula is C13H18N2O2S. The number of nitrogens with one attached hydrogen (secondary N) is 1. The zero-order chi connectivity index (χ0) is 12.8. The van der Waals surface area contributed by atoms with E-state index in [0.717, 1.165) is 43.3 Å². The maximum atomic E-state index is 5.74. The van der Waals surface area contributed by atoms with Crippen LogP contribution in [-0.2, 0) is 11.2 Å². The summed E-state index contributed by atoms with van der Waals surface area (Å²) in [4.78, 5) is 4.30. The van der Waals surface area contributed by atoms with Crippen LogP contribution in [0.4, 0.5) is 0 Å². The van der Waals surface area contributed by atoms with Gasteiger partial charge in [-0.05, 0) is 17.9 Å². The van der Waals surface area contributed by atoms with Crippen molar-refractivity contribution in [3.63, 3.8) is 0 Å². The lowest BCUT2D eigenvalue weighted by Gasteiger charge is -2.01. The molecule has 0 amide bonds. The average molecular weight is 266 g/mol. The molecule has 0 aromatic carbocycles. The lowest BCUT2D eigenvalue weighted by atomic mass is 10.2.